The first-order valence-electron chi connectivity index (χ1n) is 8.59. The summed E-state index contributed by atoms with van der Waals surface area (Å²) in [4.78, 5) is 25.5. The summed E-state index contributed by atoms with van der Waals surface area (Å²) < 4.78 is 11.1. The Kier molecular flexibility index (Phi) is 7.91. The second-order valence-corrected chi connectivity index (χ2v) is 6.89. The van der Waals surface area contributed by atoms with Gasteiger partial charge in [-0.25, -0.2) is 0 Å². The third kappa shape index (κ3) is 6.01. The van der Waals surface area contributed by atoms with Gasteiger partial charge in [-0.15, -0.1) is 0 Å². The Morgan fingerprint density at radius 3 is 2.36 bits per heavy atom. The van der Waals surface area contributed by atoms with E-state index in [2.05, 4.69) is 0 Å². The lowest BCUT2D eigenvalue weighted by atomic mass is 10.1. The number of ether oxygens (including phenoxy) is 2. The van der Waals surface area contributed by atoms with Crippen LogP contribution in [-0.4, -0.2) is 43.9 Å². The van der Waals surface area contributed by atoms with Gasteiger partial charge in [-0.2, -0.15) is 0 Å². The second kappa shape index (κ2) is 10.2. The molecule has 0 heterocycles. The quantitative estimate of drug-likeness (QED) is 0.455. The highest BCUT2D eigenvalue weighted by atomic mass is 35.5. The second-order valence-electron chi connectivity index (χ2n) is 6.04. The Morgan fingerprint density at radius 2 is 1.75 bits per heavy atom. The van der Waals surface area contributed by atoms with Crippen molar-refractivity contribution in [1.29, 1.82) is 0 Å². The fourth-order valence-corrected chi connectivity index (χ4v) is 2.63. The Labute approximate surface area is 174 Å². The SMILES string of the molecule is CCOc1cc(/C=C/C(=O)c2ccc(Cl)cc2)cc(Cl)c1OCC(=O)N(C)C. The summed E-state index contributed by atoms with van der Waals surface area (Å²) >= 11 is 12.2. The molecule has 0 saturated heterocycles. The van der Waals surface area contributed by atoms with Gasteiger partial charge in [0.1, 0.15) is 0 Å². The number of hydrogen-bond donors (Lipinski definition) is 0. The minimum atomic E-state index is -0.198. The van der Waals surface area contributed by atoms with Gasteiger partial charge < -0.3 is 14.4 Å². The van der Waals surface area contributed by atoms with Crippen LogP contribution in [0.15, 0.2) is 42.5 Å². The van der Waals surface area contributed by atoms with E-state index in [-0.39, 0.29) is 23.3 Å². The summed E-state index contributed by atoms with van der Waals surface area (Å²) in [6.07, 6.45) is 3.08. The van der Waals surface area contributed by atoms with Crippen LogP contribution in [0, 0.1) is 0 Å². The lowest BCUT2D eigenvalue weighted by Gasteiger charge is -2.16. The topological polar surface area (TPSA) is 55.8 Å². The van der Waals surface area contributed by atoms with Crippen molar-refractivity contribution >= 4 is 41.0 Å². The van der Waals surface area contributed by atoms with Crippen molar-refractivity contribution in [2.24, 2.45) is 0 Å². The van der Waals surface area contributed by atoms with Crippen molar-refractivity contribution < 1.29 is 19.1 Å². The fourth-order valence-electron chi connectivity index (χ4n) is 2.23. The molecule has 1 amide bonds. The van der Waals surface area contributed by atoms with Gasteiger partial charge in [-0.3, -0.25) is 9.59 Å². The monoisotopic (exact) mass is 421 g/mol. The highest BCUT2D eigenvalue weighted by Crippen LogP contribution is 2.37. The van der Waals surface area contributed by atoms with E-state index < -0.39 is 0 Å². The number of likely N-dealkylation sites (N-methyl/N-ethyl adjacent to an activating group) is 1. The normalized spacial score (nSPS) is 10.8. The number of allylic oxidation sites excluding steroid dienone is 1. The fraction of sp³-hybridized carbons (Fsp3) is 0.238. The van der Waals surface area contributed by atoms with Crippen LogP contribution < -0.4 is 9.47 Å². The minimum absolute atomic E-state index is 0.156. The highest BCUT2D eigenvalue weighted by molar-refractivity contribution is 6.32. The van der Waals surface area contributed by atoms with Crippen LogP contribution in [-0.2, 0) is 4.79 Å². The molecule has 0 N–H and O–H groups in total. The molecule has 148 valence electrons. The van der Waals surface area contributed by atoms with Crippen LogP contribution in [0.4, 0.5) is 0 Å². The Balaban J connectivity index is 2.22. The molecule has 2 aromatic carbocycles. The Morgan fingerprint density at radius 1 is 1.07 bits per heavy atom. The molecular formula is C21H21Cl2NO4. The van der Waals surface area contributed by atoms with Crippen LogP contribution in [0.25, 0.3) is 6.08 Å². The zero-order valence-electron chi connectivity index (χ0n) is 15.9. The van der Waals surface area contributed by atoms with E-state index in [0.29, 0.717) is 34.3 Å². The molecule has 0 spiro atoms. The first-order valence-corrected chi connectivity index (χ1v) is 9.34. The first-order chi connectivity index (χ1) is 13.3. The van der Waals surface area contributed by atoms with E-state index >= 15 is 0 Å². The van der Waals surface area contributed by atoms with Crippen molar-refractivity contribution in [1.82, 2.24) is 4.90 Å². The van der Waals surface area contributed by atoms with Crippen molar-refractivity contribution in [2.75, 3.05) is 27.3 Å². The van der Waals surface area contributed by atoms with Gasteiger partial charge in [-0.05, 0) is 55.0 Å². The summed E-state index contributed by atoms with van der Waals surface area (Å²) in [5.41, 5.74) is 1.20. The van der Waals surface area contributed by atoms with E-state index in [9.17, 15) is 9.59 Å². The van der Waals surface area contributed by atoms with Gasteiger partial charge in [-0.1, -0.05) is 29.3 Å². The van der Waals surface area contributed by atoms with Crippen molar-refractivity contribution in [3.63, 3.8) is 0 Å². The number of rotatable bonds is 8. The number of ketones is 1. The molecule has 0 aliphatic heterocycles. The molecule has 2 rings (SSSR count). The third-order valence-electron chi connectivity index (χ3n) is 3.73. The first kappa shape index (κ1) is 21.8. The molecule has 0 bridgehead atoms. The van der Waals surface area contributed by atoms with Gasteiger partial charge in [0.05, 0.1) is 11.6 Å². The molecule has 5 nitrogen and oxygen atoms in total. The van der Waals surface area contributed by atoms with E-state index in [4.69, 9.17) is 32.7 Å². The number of carbonyl (C=O) groups excluding carboxylic acids is 2. The van der Waals surface area contributed by atoms with Gasteiger partial charge in [0.2, 0.25) is 0 Å². The summed E-state index contributed by atoms with van der Waals surface area (Å²) in [5, 5.41) is 0.855. The lowest BCUT2D eigenvalue weighted by Crippen LogP contribution is -2.27. The Bertz CT molecular complexity index is 877. The molecule has 0 radical (unpaired) electrons. The van der Waals surface area contributed by atoms with E-state index in [1.54, 1.807) is 56.6 Å². The minimum Gasteiger partial charge on any atom is -0.490 e. The number of benzene rings is 2. The molecule has 28 heavy (non-hydrogen) atoms. The molecule has 0 unspecified atom stereocenters. The maximum atomic E-state index is 12.3. The van der Waals surface area contributed by atoms with Crippen LogP contribution in [0.2, 0.25) is 10.0 Å². The van der Waals surface area contributed by atoms with E-state index in [0.717, 1.165) is 0 Å². The van der Waals surface area contributed by atoms with Crippen LogP contribution in [0.3, 0.4) is 0 Å². The summed E-state index contributed by atoms with van der Waals surface area (Å²) in [7, 11) is 3.28. The standard InChI is InChI=1S/C21H21Cl2NO4/c1-4-27-19-12-14(5-10-18(25)15-6-8-16(22)9-7-15)11-17(23)21(19)28-13-20(26)24(2)3/h5-12H,4,13H2,1-3H3/b10-5+. The molecule has 7 heteroatoms. The van der Waals surface area contributed by atoms with Crippen molar-refractivity contribution in [2.45, 2.75) is 6.92 Å². The number of hydrogen-bond acceptors (Lipinski definition) is 4. The average molecular weight is 422 g/mol. The molecule has 0 atom stereocenters. The zero-order chi connectivity index (χ0) is 20.7. The van der Waals surface area contributed by atoms with E-state index in [1.165, 1.54) is 11.0 Å². The largest absolute Gasteiger partial charge is 0.490 e. The van der Waals surface area contributed by atoms with Gasteiger partial charge in [0.25, 0.3) is 5.91 Å². The van der Waals surface area contributed by atoms with Gasteiger partial charge >= 0.3 is 0 Å². The predicted molar refractivity (Wildman–Crippen MR) is 112 cm³/mol. The number of carbonyl (C=O) groups is 2. The maximum absolute atomic E-state index is 12.3. The van der Waals surface area contributed by atoms with Gasteiger partial charge in [0, 0.05) is 24.7 Å². The maximum Gasteiger partial charge on any atom is 0.259 e. The molecule has 0 aromatic heterocycles. The molecular weight excluding hydrogens is 401 g/mol. The number of nitrogens with zero attached hydrogens (tertiary/aromatic N) is 1. The molecule has 2 aromatic rings. The van der Waals surface area contributed by atoms with Crippen LogP contribution in [0.5, 0.6) is 11.5 Å². The molecule has 0 aliphatic rings. The molecule has 0 fully saturated rings. The van der Waals surface area contributed by atoms with Crippen LogP contribution >= 0.6 is 23.2 Å². The smallest absolute Gasteiger partial charge is 0.259 e. The average Bonchev–Trinajstić information content (AvgIpc) is 2.66. The predicted octanol–water partition coefficient (Wildman–Crippen LogP) is 4.76. The van der Waals surface area contributed by atoms with E-state index in [1.807, 2.05) is 6.92 Å². The molecule has 0 aliphatic carbocycles. The summed E-state index contributed by atoms with van der Waals surface area (Å²) in [6.45, 7) is 2.07. The lowest BCUT2D eigenvalue weighted by molar-refractivity contribution is -0.130. The number of halogens is 2. The van der Waals surface area contributed by atoms with Crippen molar-refractivity contribution in [3.05, 3.63) is 63.6 Å². The summed E-state index contributed by atoms with van der Waals surface area (Å²) in [5.74, 6) is 0.332. The third-order valence-corrected chi connectivity index (χ3v) is 4.26. The van der Waals surface area contributed by atoms with Gasteiger partial charge in [0.15, 0.2) is 23.9 Å². The Hall–Kier alpha value is -2.50. The number of amides is 1. The highest BCUT2D eigenvalue weighted by Gasteiger charge is 2.14. The van der Waals surface area contributed by atoms with Crippen LogP contribution in [0.1, 0.15) is 22.8 Å². The zero-order valence-corrected chi connectivity index (χ0v) is 17.4. The summed E-state index contributed by atoms with van der Waals surface area (Å²) in [6, 6.07) is 9.99. The van der Waals surface area contributed by atoms with Crippen molar-refractivity contribution in [3.8, 4) is 11.5 Å². The molecule has 0 saturated carbocycles.